The van der Waals surface area contributed by atoms with Crippen molar-refractivity contribution in [3.63, 3.8) is 0 Å². The Labute approximate surface area is 254 Å². The summed E-state index contributed by atoms with van der Waals surface area (Å²) in [7, 11) is -2.51. The zero-order valence-electron chi connectivity index (χ0n) is 23.4. The molecular formula is C31H29ClN4O6S. The molecule has 0 aromatic heterocycles. The summed E-state index contributed by atoms with van der Waals surface area (Å²) in [5.41, 5.74) is 4.63. The molecule has 43 heavy (non-hydrogen) atoms. The SMILES string of the molecule is COc1ccc(NC(=O)COc2ccc(/C=N\NC(=O)CN(c3ccc(C)c(Cl)c3)S(=O)(=O)c3ccccc3)cc2)cc1. The Bertz CT molecular complexity index is 1700. The zero-order valence-corrected chi connectivity index (χ0v) is 24.9. The summed E-state index contributed by atoms with van der Waals surface area (Å²) < 4.78 is 38.5. The fourth-order valence-corrected chi connectivity index (χ4v) is 5.40. The molecule has 2 amide bonds. The van der Waals surface area contributed by atoms with Gasteiger partial charge in [-0.1, -0.05) is 35.9 Å². The van der Waals surface area contributed by atoms with E-state index in [1.807, 2.05) is 0 Å². The van der Waals surface area contributed by atoms with Crippen molar-refractivity contribution in [1.29, 1.82) is 0 Å². The highest BCUT2D eigenvalue weighted by Gasteiger charge is 2.27. The third-order valence-electron chi connectivity index (χ3n) is 6.09. The van der Waals surface area contributed by atoms with Gasteiger partial charge in [-0.2, -0.15) is 5.10 Å². The van der Waals surface area contributed by atoms with Gasteiger partial charge in [0.1, 0.15) is 18.0 Å². The number of halogens is 1. The molecule has 0 aliphatic rings. The van der Waals surface area contributed by atoms with E-state index in [0.29, 0.717) is 27.8 Å². The van der Waals surface area contributed by atoms with Crippen LogP contribution in [0.2, 0.25) is 5.02 Å². The molecule has 222 valence electrons. The third kappa shape index (κ3) is 8.57. The molecule has 0 saturated carbocycles. The van der Waals surface area contributed by atoms with Gasteiger partial charge < -0.3 is 14.8 Å². The Morgan fingerprint density at radius 3 is 2.23 bits per heavy atom. The van der Waals surface area contributed by atoms with Crippen molar-refractivity contribution in [1.82, 2.24) is 5.43 Å². The summed E-state index contributed by atoms with van der Waals surface area (Å²) in [6, 6.07) is 26.2. The van der Waals surface area contributed by atoms with Crippen LogP contribution in [0.3, 0.4) is 0 Å². The molecule has 12 heteroatoms. The summed E-state index contributed by atoms with van der Waals surface area (Å²) in [4.78, 5) is 25.0. The van der Waals surface area contributed by atoms with E-state index in [-0.39, 0.29) is 23.1 Å². The number of methoxy groups -OCH3 is 1. The van der Waals surface area contributed by atoms with Crippen molar-refractivity contribution in [2.75, 3.05) is 29.9 Å². The Morgan fingerprint density at radius 2 is 1.58 bits per heavy atom. The maximum Gasteiger partial charge on any atom is 0.264 e. The van der Waals surface area contributed by atoms with E-state index >= 15 is 0 Å². The van der Waals surface area contributed by atoms with Crippen LogP contribution in [-0.4, -0.2) is 46.7 Å². The minimum absolute atomic E-state index is 0.0310. The van der Waals surface area contributed by atoms with Crippen LogP contribution < -0.4 is 24.5 Å². The summed E-state index contributed by atoms with van der Waals surface area (Å²) in [5.74, 6) is 0.164. The standard InChI is InChI=1S/C31H29ClN4O6S/c1-22-8-13-25(18-29(22)32)36(43(39,40)28-6-4-3-5-7-28)20-30(37)35-33-19-23-9-14-27(15-10-23)42-21-31(38)34-24-11-16-26(41-2)17-12-24/h3-19H,20-21H2,1-2H3,(H,34,38)(H,35,37)/b33-19-. The lowest BCUT2D eigenvalue weighted by Gasteiger charge is -2.24. The summed E-state index contributed by atoms with van der Waals surface area (Å²) in [6.45, 7) is 1.08. The van der Waals surface area contributed by atoms with E-state index in [4.69, 9.17) is 21.1 Å². The van der Waals surface area contributed by atoms with Gasteiger partial charge in [-0.3, -0.25) is 13.9 Å². The van der Waals surface area contributed by atoms with Gasteiger partial charge in [0.25, 0.3) is 21.8 Å². The van der Waals surface area contributed by atoms with Crippen LogP contribution in [0.4, 0.5) is 11.4 Å². The van der Waals surface area contributed by atoms with Gasteiger partial charge in [0.2, 0.25) is 0 Å². The molecular weight excluding hydrogens is 592 g/mol. The summed E-state index contributed by atoms with van der Waals surface area (Å²) >= 11 is 6.25. The predicted octanol–water partition coefficient (Wildman–Crippen LogP) is 5.02. The van der Waals surface area contributed by atoms with Crippen LogP contribution in [0.1, 0.15) is 11.1 Å². The van der Waals surface area contributed by atoms with Crippen molar-refractivity contribution >= 4 is 51.0 Å². The molecule has 0 heterocycles. The second kappa shape index (κ2) is 14.3. The fourth-order valence-electron chi connectivity index (χ4n) is 3.79. The number of anilines is 2. The number of carbonyl (C=O) groups is 2. The molecule has 0 aliphatic heterocycles. The normalized spacial score (nSPS) is 11.1. The molecule has 10 nitrogen and oxygen atoms in total. The lowest BCUT2D eigenvalue weighted by molar-refractivity contribution is -0.119. The number of nitrogens with one attached hydrogen (secondary N) is 2. The number of rotatable bonds is 12. The highest BCUT2D eigenvalue weighted by Crippen LogP contribution is 2.28. The van der Waals surface area contributed by atoms with Crippen molar-refractivity contribution in [2.45, 2.75) is 11.8 Å². The third-order valence-corrected chi connectivity index (χ3v) is 8.28. The predicted molar refractivity (Wildman–Crippen MR) is 166 cm³/mol. The smallest absolute Gasteiger partial charge is 0.264 e. The first-order valence-corrected chi connectivity index (χ1v) is 14.8. The molecule has 0 saturated heterocycles. The van der Waals surface area contributed by atoms with Gasteiger partial charge in [-0.25, -0.2) is 13.8 Å². The van der Waals surface area contributed by atoms with Crippen molar-refractivity contribution < 1.29 is 27.5 Å². The highest BCUT2D eigenvalue weighted by atomic mass is 35.5. The van der Waals surface area contributed by atoms with E-state index in [9.17, 15) is 18.0 Å². The Morgan fingerprint density at radius 1 is 0.907 bits per heavy atom. The average molecular weight is 621 g/mol. The van der Waals surface area contributed by atoms with Crippen molar-refractivity contribution in [3.8, 4) is 11.5 Å². The number of amides is 2. The number of aryl methyl sites for hydroxylation is 1. The topological polar surface area (TPSA) is 126 Å². The molecule has 4 aromatic carbocycles. The van der Waals surface area contributed by atoms with E-state index < -0.39 is 22.5 Å². The highest BCUT2D eigenvalue weighted by molar-refractivity contribution is 7.92. The lowest BCUT2D eigenvalue weighted by Crippen LogP contribution is -2.39. The maximum absolute atomic E-state index is 13.4. The molecule has 4 aromatic rings. The van der Waals surface area contributed by atoms with Crippen LogP contribution in [0, 0.1) is 6.92 Å². The van der Waals surface area contributed by atoms with Crippen LogP contribution in [0.15, 0.2) is 107 Å². The first kappa shape index (κ1) is 31.1. The summed E-state index contributed by atoms with van der Waals surface area (Å²) in [5, 5.41) is 7.05. The van der Waals surface area contributed by atoms with Crippen LogP contribution in [-0.2, 0) is 19.6 Å². The minimum atomic E-state index is -4.08. The quantitative estimate of drug-likeness (QED) is 0.169. The monoisotopic (exact) mass is 620 g/mol. The minimum Gasteiger partial charge on any atom is -0.497 e. The second-order valence-corrected chi connectivity index (χ2v) is 11.5. The van der Waals surface area contributed by atoms with E-state index in [1.54, 1.807) is 92.9 Å². The van der Waals surface area contributed by atoms with Gasteiger partial charge in [0.15, 0.2) is 6.61 Å². The maximum atomic E-state index is 13.4. The number of benzene rings is 4. The fraction of sp³-hybridized carbons (Fsp3) is 0.129. The summed E-state index contributed by atoms with van der Waals surface area (Å²) in [6.07, 6.45) is 1.40. The van der Waals surface area contributed by atoms with E-state index in [1.165, 1.54) is 24.4 Å². The number of hydrogen-bond donors (Lipinski definition) is 2. The number of ether oxygens (including phenoxy) is 2. The number of hydrazone groups is 1. The van der Waals surface area contributed by atoms with E-state index in [0.717, 1.165) is 9.87 Å². The van der Waals surface area contributed by atoms with Crippen LogP contribution in [0.5, 0.6) is 11.5 Å². The Hall–Kier alpha value is -4.87. The Kier molecular flexibility index (Phi) is 10.4. The second-order valence-electron chi connectivity index (χ2n) is 9.19. The Balaban J connectivity index is 1.34. The lowest BCUT2D eigenvalue weighted by atomic mass is 10.2. The number of carbonyl (C=O) groups excluding carboxylic acids is 2. The first-order valence-electron chi connectivity index (χ1n) is 13.0. The van der Waals surface area contributed by atoms with E-state index in [2.05, 4.69) is 15.8 Å². The van der Waals surface area contributed by atoms with Gasteiger partial charge in [0.05, 0.1) is 23.9 Å². The van der Waals surface area contributed by atoms with Crippen LogP contribution >= 0.6 is 11.6 Å². The molecule has 0 fully saturated rings. The number of nitrogens with zero attached hydrogens (tertiary/aromatic N) is 2. The van der Waals surface area contributed by atoms with Gasteiger partial charge >= 0.3 is 0 Å². The van der Waals surface area contributed by atoms with Gasteiger partial charge in [-0.15, -0.1) is 0 Å². The van der Waals surface area contributed by atoms with Crippen molar-refractivity contribution in [3.05, 3.63) is 113 Å². The van der Waals surface area contributed by atoms with Gasteiger partial charge in [-0.05, 0) is 90.8 Å². The molecule has 0 aliphatic carbocycles. The molecule has 0 radical (unpaired) electrons. The van der Waals surface area contributed by atoms with Crippen molar-refractivity contribution in [2.24, 2.45) is 5.10 Å². The zero-order chi connectivity index (χ0) is 30.8. The molecule has 4 rings (SSSR count). The first-order chi connectivity index (χ1) is 20.7. The molecule has 2 N–H and O–H groups in total. The number of hydrogen-bond acceptors (Lipinski definition) is 7. The number of sulfonamides is 1. The average Bonchev–Trinajstić information content (AvgIpc) is 3.01. The largest absolute Gasteiger partial charge is 0.497 e. The molecule has 0 atom stereocenters. The van der Waals surface area contributed by atoms with Crippen LogP contribution in [0.25, 0.3) is 0 Å². The molecule has 0 bridgehead atoms. The molecule has 0 unspecified atom stereocenters. The van der Waals surface area contributed by atoms with Gasteiger partial charge in [0, 0.05) is 10.7 Å². The molecule has 0 spiro atoms.